The van der Waals surface area contributed by atoms with Crippen LogP contribution in [0.4, 0.5) is 0 Å². The molecular weight excluding hydrogens is 202 g/mol. The molecule has 0 radical (unpaired) electrons. The Balaban J connectivity index is 1.80. The molecule has 4 heteroatoms. The average molecular weight is 227 g/mol. The van der Waals surface area contributed by atoms with Gasteiger partial charge in [0.1, 0.15) is 0 Å². The van der Waals surface area contributed by atoms with E-state index in [0.717, 1.165) is 32.0 Å². The van der Waals surface area contributed by atoms with Crippen LogP contribution in [-0.4, -0.2) is 66.3 Å². The molecule has 0 spiro atoms. The van der Waals surface area contributed by atoms with Gasteiger partial charge in [-0.1, -0.05) is 0 Å². The highest BCUT2D eigenvalue weighted by Crippen LogP contribution is 2.24. The third-order valence-corrected chi connectivity index (χ3v) is 4.31. The summed E-state index contributed by atoms with van der Waals surface area (Å²) in [5, 5.41) is 9.23. The van der Waals surface area contributed by atoms with E-state index in [1.54, 1.807) is 0 Å². The number of nitrogens with zero attached hydrogens (tertiary/aromatic N) is 2. The van der Waals surface area contributed by atoms with Crippen LogP contribution in [0.15, 0.2) is 0 Å². The molecule has 0 amide bonds. The molecule has 0 aromatic carbocycles. The molecule has 3 N–H and O–H groups in total. The van der Waals surface area contributed by atoms with Gasteiger partial charge in [-0.25, -0.2) is 0 Å². The molecule has 16 heavy (non-hydrogen) atoms. The largest absolute Gasteiger partial charge is 0.394 e. The zero-order valence-electron chi connectivity index (χ0n) is 10.4. The number of nitrogens with two attached hydrogens (primary N) is 1. The topological polar surface area (TPSA) is 52.7 Å². The first-order valence-electron chi connectivity index (χ1n) is 6.45. The highest BCUT2D eigenvalue weighted by Gasteiger charge is 2.33. The maximum atomic E-state index is 9.23. The SMILES string of the molecule is CN1CCC(N2CCC(N)(CO)CC2)CC1. The summed E-state index contributed by atoms with van der Waals surface area (Å²) in [5.74, 6) is 0. The van der Waals surface area contributed by atoms with Crippen molar-refractivity contribution in [1.82, 2.24) is 9.80 Å². The van der Waals surface area contributed by atoms with Gasteiger partial charge in [0.25, 0.3) is 0 Å². The van der Waals surface area contributed by atoms with Crippen LogP contribution in [0.2, 0.25) is 0 Å². The molecule has 0 bridgehead atoms. The Kier molecular flexibility index (Phi) is 3.85. The van der Waals surface area contributed by atoms with E-state index in [1.807, 2.05) is 0 Å². The molecule has 4 nitrogen and oxygen atoms in total. The van der Waals surface area contributed by atoms with Crippen LogP contribution in [0.1, 0.15) is 25.7 Å². The van der Waals surface area contributed by atoms with E-state index in [4.69, 9.17) is 5.73 Å². The smallest absolute Gasteiger partial charge is 0.0612 e. The van der Waals surface area contributed by atoms with E-state index >= 15 is 0 Å². The number of hydrogen-bond donors (Lipinski definition) is 2. The molecule has 2 saturated heterocycles. The zero-order chi connectivity index (χ0) is 11.6. The van der Waals surface area contributed by atoms with Gasteiger partial charge in [0, 0.05) is 24.7 Å². The maximum Gasteiger partial charge on any atom is 0.0612 e. The summed E-state index contributed by atoms with van der Waals surface area (Å²) in [6.07, 6.45) is 4.45. The van der Waals surface area contributed by atoms with Crippen molar-refractivity contribution in [2.24, 2.45) is 5.73 Å². The van der Waals surface area contributed by atoms with E-state index < -0.39 is 0 Å². The van der Waals surface area contributed by atoms with Crippen LogP contribution in [0.3, 0.4) is 0 Å². The van der Waals surface area contributed by atoms with Crippen LogP contribution in [0.25, 0.3) is 0 Å². The van der Waals surface area contributed by atoms with Gasteiger partial charge < -0.3 is 20.6 Å². The van der Waals surface area contributed by atoms with E-state index in [0.29, 0.717) is 0 Å². The molecule has 2 fully saturated rings. The lowest BCUT2D eigenvalue weighted by Gasteiger charge is -2.44. The first-order valence-corrected chi connectivity index (χ1v) is 6.45. The molecule has 2 heterocycles. The fourth-order valence-corrected chi connectivity index (χ4v) is 2.85. The lowest BCUT2D eigenvalue weighted by atomic mass is 9.88. The van der Waals surface area contributed by atoms with E-state index in [2.05, 4.69) is 16.8 Å². The van der Waals surface area contributed by atoms with Crippen LogP contribution < -0.4 is 5.73 Å². The van der Waals surface area contributed by atoms with Crippen molar-refractivity contribution < 1.29 is 5.11 Å². The predicted octanol–water partition coefficient (Wildman–Crippen LogP) is -0.134. The Hall–Kier alpha value is -0.160. The first-order chi connectivity index (χ1) is 7.63. The van der Waals surface area contributed by atoms with Gasteiger partial charge in [0.15, 0.2) is 0 Å². The summed E-state index contributed by atoms with van der Waals surface area (Å²) in [5.41, 5.74) is 5.78. The molecule has 2 rings (SSSR count). The molecule has 0 saturated carbocycles. The maximum absolute atomic E-state index is 9.23. The number of aliphatic hydroxyl groups is 1. The molecule has 0 unspecified atom stereocenters. The lowest BCUT2D eigenvalue weighted by Crippen LogP contribution is -2.56. The molecular formula is C12H25N3O. The van der Waals surface area contributed by atoms with Crippen molar-refractivity contribution in [3.8, 4) is 0 Å². The summed E-state index contributed by atoms with van der Waals surface area (Å²) >= 11 is 0. The fraction of sp³-hybridized carbons (Fsp3) is 1.00. The predicted molar refractivity (Wildman–Crippen MR) is 65.3 cm³/mol. The van der Waals surface area contributed by atoms with Crippen molar-refractivity contribution in [2.75, 3.05) is 39.8 Å². The highest BCUT2D eigenvalue weighted by atomic mass is 16.3. The van der Waals surface area contributed by atoms with Crippen molar-refractivity contribution >= 4 is 0 Å². The summed E-state index contributed by atoms with van der Waals surface area (Å²) in [4.78, 5) is 4.98. The first kappa shape index (κ1) is 12.3. The van der Waals surface area contributed by atoms with Crippen LogP contribution in [0, 0.1) is 0 Å². The van der Waals surface area contributed by atoms with Crippen molar-refractivity contribution in [2.45, 2.75) is 37.3 Å². The Morgan fingerprint density at radius 3 is 2.25 bits per heavy atom. The number of aliphatic hydroxyl groups excluding tert-OH is 1. The minimum absolute atomic E-state index is 0.133. The van der Waals surface area contributed by atoms with Gasteiger partial charge in [-0.05, 0) is 45.8 Å². The standard InChI is InChI=1S/C12H25N3O/c1-14-6-2-11(3-7-14)15-8-4-12(13,10-16)5-9-15/h11,16H,2-10,13H2,1H3. The Morgan fingerprint density at radius 1 is 1.19 bits per heavy atom. The van der Waals surface area contributed by atoms with Crippen molar-refractivity contribution in [3.05, 3.63) is 0 Å². The Morgan fingerprint density at radius 2 is 1.75 bits per heavy atom. The summed E-state index contributed by atoms with van der Waals surface area (Å²) in [6, 6.07) is 0.749. The monoisotopic (exact) mass is 227 g/mol. The quantitative estimate of drug-likeness (QED) is 0.690. The lowest BCUT2D eigenvalue weighted by molar-refractivity contribution is 0.0562. The molecule has 0 aromatic heterocycles. The summed E-state index contributed by atoms with van der Waals surface area (Å²) < 4.78 is 0. The average Bonchev–Trinajstić information content (AvgIpc) is 2.32. The normalized spacial score (nSPS) is 29.4. The molecule has 2 aliphatic rings. The Bertz CT molecular complexity index is 218. The minimum atomic E-state index is -0.304. The molecule has 0 atom stereocenters. The third-order valence-electron chi connectivity index (χ3n) is 4.31. The Labute approximate surface area is 98.4 Å². The third kappa shape index (κ3) is 2.74. The van der Waals surface area contributed by atoms with Gasteiger partial charge in [-0.2, -0.15) is 0 Å². The van der Waals surface area contributed by atoms with Crippen LogP contribution in [-0.2, 0) is 0 Å². The molecule has 94 valence electrons. The van der Waals surface area contributed by atoms with Crippen molar-refractivity contribution in [1.29, 1.82) is 0 Å². The summed E-state index contributed by atoms with van der Waals surface area (Å²) in [6.45, 7) is 4.69. The zero-order valence-corrected chi connectivity index (χ0v) is 10.4. The number of hydrogen-bond acceptors (Lipinski definition) is 4. The van der Waals surface area contributed by atoms with Gasteiger partial charge in [-0.3, -0.25) is 0 Å². The minimum Gasteiger partial charge on any atom is -0.394 e. The molecule has 0 aliphatic carbocycles. The second-order valence-electron chi connectivity index (χ2n) is 5.59. The summed E-state index contributed by atoms with van der Waals surface area (Å²) in [7, 11) is 2.20. The van der Waals surface area contributed by atoms with E-state index in [9.17, 15) is 5.11 Å². The second kappa shape index (κ2) is 5.00. The van der Waals surface area contributed by atoms with Gasteiger partial charge in [0.2, 0.25) is 0 Å². The van der Waals surface area contributed by atoms with E-state index in [1.165, 1.54) is 25.9 Å². The van der Waals surface area contributed by atoms with E-state index in [-0.39, 0.29) is 12.1 Å². The molecule has 2 aliphatic heterocycles. The second-order valence-corrected chi connectivity index (χ2v) is 5.59. The van der Waals surface area contributed by atoms with Gasteiger partial charge in [-0.15, -0.1) is 0 Å². The number of piperidine rings is 2. The van der Waals surface area contributed by atoms with Gasteiger partial charge in [0.05, 0.1) is 6.61 Å². The number of rotatable bonds is 2. The van der Waals surface area contributed by atoms with Crippen LogP contribution in [0.5, 0.6) is 0 Å². The van der Waals surface area contributed by atoms with Crippen LogP contribution >= 0.6 is 0 Å². The van der Waals surface area contributed by atoms with Gasteiger partial charge >= 0.3 is 0 Å². The fourth-order valence-electron chi connectivity index (χ4n) is 2.85. The number of likely N-dealkylation sites (tertiary alicyclic amines) is 2. The van der Waals surface area contributed by atoms with Crippen molar-refractivity contribution in [3.63, 3.8) is 0 Å². The molecule has 0 aromatic rings. The highest BCUT2D eigenvalue weighted by molar-refractivity contribution is 4.92.